The van der Waals surface area contributed by atoms with E-state index in [1.54, 1.807) is 45.5 Å². The van der Waals surface area contributed by atoms with Crippen LogP contribution in [-0.4, -0.2) is 34.1 Å². The summed E-state index contributed by atoms with van der Waals surface area (Å²) in [6.07, 6.45) is 1.63. The van der Waals surface area contributed by atoms with E-state index < -0.39 is 0 Å². The van der Waals surface area contributed by atoms with Crippen molar-refractivity contribution in [3.63, 3.8) is 0 Å². The van der Waals surface area contributed by atoms with Crippen LogP contribution < -0.4 is 15.5 Å². The van der Waals surface area contributed by atoms with Crippen molar-refractivity contribution >= 4 is 57.9 Å². The average Bonchev–Trinajstić information content (AvgIpc) is 3.45. The van der Waals surface area contributed by atoms with Crippen molar-refractivity contribution in [2.24, 2.45) is 0 Å². The summed E-state index contributed by atoms with van der Waals surface area (Å²) in [4.78, 5) is 31.1. The van der Waals surface area contributed by atoms with Gasteiger partial charge in [0, 0.05) is 36.1 Å². The number of carbonyl (C=O) groups is 1. The van der Waals surface area contributed by atoms with Crippen molar-refractivity contribution in [1.82, 2.24) is 15.0 Å². The molecule has 4 aromatic rings. The van der Waals surface area contributed by atoms with Gasteiger partial charge in [-0.3, -0.25) is 9.80 Å². The van der Waals surface area contributed by atoms with Crippen LogP contribution in [0.15, 0.2) is 54.7 Å². The van der Waals surface area contributed by atoms with Gasteiger partial charge in [0.2, 0.25) is 5.95 Å². The summed E-state index contributed by atoms with van der Waals surface area (Å²) in [7, 11) is 0. The molecular weight excluding hydrogens is 515 g/mol. The Bertz CT molecular complexity index is 1470. The molecule has 0 spiro atoms. The Hall–Kier alpha value is -3.20. The number of rotatable bonds is 4. The summed E-state index contributed by atoms with van der Waals surface area (Å²) in [5.74, 6) is 0.197. The van der Waals surface area contributed by atoms with Gasteiger partial charge < -0.3 is 5.73 Å². The second-order valence-electron chi connectivity index (χ2n) is 9.48. The third-order valence-electron chi connectivity index (χ3n) is 5.83. The minimum absolute atomic E-state index is 0.117. The van der Waals surface area contributed by atoms with Gasteiger partial charge >= 0.3 is 6.03 Å². The molecule has 2 aromatic heterocycles. The highest BCUT2D eigenvalue weighted by atomic mass is 35.5. The number of amides is 2. The lowest BCUT2D eigenvalue weighted by Crippen LogP contribution is -2.31. The third kappa shape index (κ3) is 4.64. The lowest BCUT2D eigenvalue weighted by molar-refractivity contribution is 0.256. The molecule has 1 saturated heterocycles. The maximum atomic E-state index is 13.3. The molecule has 0 radical (unpaired) electrons. The quantitative estimate of drug-likeness (QED) is 0.305. The van der Waals surface area contributed by atoms with Gasteiger partial charge in [-0.2, -0.15) is 0 Å². The van der Waals surface area contributed by atoms with Gasteiger partial charge in [-0.05, 0) is 42.0 Å². The zero-order valence-electron chi connectivity index (χ0n) is 20.0. The fourth-order valence-corrected chi connectivity index (χ4v) is 5.42. The second kappa shape index (κ2) is 9.35. The summed E-state index contributed by atoms with van der Waals surface area (Å²) in [6, 6.07) is 14.8. The molecule has 2 N–H and O–H groups in total. The molecule has 1 aliphatic heterocycles. The first kappa shape index (κ1) is 24.5. The van der Waals surface area contributed by atoms with Crippen molar-refractivity contribution in [2.45, 2.75) is 26.2 Å². The normalized spacial score (nSPS) is 14.1. The minimum atomic E-state index is -0.140. The molecule has 3 heterocycles. The number of nitrogen functional groups attached to an aromatic ring is 1. The van der Waals surface area contributed by atoms with Crippen LogP contribution >= 0.6 is 34.5 Å². The van der Waals surface area contributed by atoms with E-state index in [1.165, 1.54) is 0 Å². The number of nitrogens with two attached hydrogens (primary N) is 1. The third-order valence-corrected chi connectivity index (χ3v) is 8.10. The van der Waals surface area contributed by atoms with Crippen LogP contribution in [0.4, 0.5) is 22.1 Å². The largest absolute Gasteiger partial charge is 0.368 e. The van der Waals surface area contributed by atoms with E-state index in [-0.39, 0.29) is 17.4 Å². The second-order valence-corrected chi connectivity index (χ2v) is 11.3. The minimum Gasteiger partial charge on any atom is -0.368 e. The van der Waals surface area contributed by atoms with E-state index >= 15 is 0 Å². The molecule has 0 saturated carbocycles. The number of nitrogens with zero attached hydrogens (tertiary/aromatic N) is 5. The monoisotopic (exact) mass is 538 g/mol. The molecule has 1 aliphatic rings. The Labute approximate surface area is 223 Å². The van der Waals surface area contributed by atoms with Gasteiger partial charge in [0.1, 0.15) is 5.69 Å². The molecule has 2 amide bonds. The molecule has 0 atom stereocenters. The highest BCUT2D eigenvalue weighted by Gasteiger charge is 2.31. The first-order valence-electron chi connectivity index (χ1n) is 11.4. The molecule has 1 fully saturated rings. The summed E-state index contributed by atoms with van der Waals surface area (Å²) in [5.41, 5.74) is 9.62. The zero-order chi connectivity index (χ0) is 25.6. The van der Waals surface area contributed by atoms with E-state index in [4.69, 9.17) is 33.9 Å². The highest BCUT2D eigenvalue weighted by molar-refractivity contribution is 7.15. The number of thiazole rings is 1. The topological polar surface area (TPSA) is 88.2 Å². The van der Waals surface area contributed by atoms with Crippen molar-refractivity contribution in [1.29, 1.82) is 0 Å². The van der Waals surface area contributed by atoms with E-state index in [2.05, 4.69) is 30.7 Å². The Morgan fingerprint density at radius 1 is 0.944 bits per heavy atom. The number of halogens is 2. The number of hydrogen-bond acceptors (Lipinski definition) is 6. The number of anilines is 3. The van der Waals surface area contributed by atoms with E-state index in [0.29, 0.717) is 34.5 Å². The molecule has 0 aliphatic carbocycles. The molecule has 184 valence electrons. The molecule has 2 aromatic carbocycles. The van der Waals surface area contributed by atoms with Gasteiger partial charge in [-0.15, -0.1) is 11.3 Å². The maximum absolute atomic E-state index is 13.3. The number of urea groups is 1. The first-order chi connectivity index (χ1) is 17.1. The molecule has 36 heavy (non-hydrogen) atoms. The summed E-state index contributed by atoms with van der Waals surface area (Å²) >= 11 is 13.9. The Morgan fingerprint density at radius 3 is 2.33 bits per heavy atom. The fraction of sp³-hybridized carbons (Fsp3) is 0.231. The fourth-order valence-electron chi connectivity index (χ4n) is 4.00. The van der Waals surface area contributed by atoms with Crippen LogP contribution in [-0.2, 0) is 5.41 Å². The SMILES string of the molecule is CC(C)(C)c1nc(-c2ccnc(N)n2)c(-c2cccc(N3CCN(c4ccc(Cl)c(Cl)c4)C3=O)c2)s1. The standard InChI is InChI=1S/C26H24Cl2N6OS/c1-26(2,3)23-32-21(20-9-10-30-24(29)31-20)22(36-23)15-5-4-6-16(13-15)33-11-12-34(25(33)35)17-7-8-18(27)19(28)14-17/h4-10,13-14H,11-12H2,1-3H3,(H2,29,30,31). The van der Waals surface area contributed by atoms with Crippen LogP contribution in [0, 0.1) is 0 Å². The van der Waals surface area contributed by atoms with E-state index in [0.717, 1.165) is 26.8 Å². The molecule has 10 heteroatoms. The number of hydrogen-bond donors (Lipinski definition) is 1. The van der Waals surface area contributed by atoms with E-state index in [1.807, 2.05) is 30.3 Å². The molecule has 0 bridgehead atoms. The predicted octanol–water partition coefficient (Wildman–Crippen LogP) is 6.90. The van der Waals surface area contributed by atoms with Gasteiger partial charge in [-0.25, -0.2) is 19.7 Å². The molecule has 5 rings (SSSR count). The maximum Gasteiger partial charge on any atom is 0.329 e. The molecular formula is C26H24Cl2N6OS. The van der Waals surface area contributed by atoms with Crippen LogP contribution in [0.2, 0.25) is 10.0 Å². The van der Waals surface area contributed by atoms with Crippen LogP contribution in [0.1, 0.15) is 25.8 Å². The van der Waals surface area contributed by atoms with Crippen molar-refractivity contribution < 1.29 is 4.79 Å². The number of aromatic nitrogens is 3. The summed E-state index contributed by atoms with van der Waals surface area (Å²) in [6.45, 7) is 7.48. The molecule has 0 unspecified atom stereocenters. The molecule has 7 nitrogen and oxygen atoms in total. The first-order valence-corrected chi connectivity index (χ1v) is 12.9. The Balaban J connectivity index is 1.52. The Morgan fingerprint density at radius 2 is 1.67 bits per heavy atom. The summed E-state index contributed by atoms with van der Waals surface area (Å²) in [5, 5.41) is 1.86. The van der Waals surface area contributed by atoms with Gasteiger partial charge in [0.05, 0.1) is 25.6 Å². The van der Waals surface area contributed by atoms with Gasteiger partial charge in [0.15, 0.2) is 0 Å². The van der Waals surface area contributed by atoms with Crippen molar-refractivity contribution in [2.75, 3.05) is 28.6 Å². The van der Waals surface area contributed by atoms with Crippen molar-refractivity contribution in [3.05, 3.63) is 69.8 Å². The lowest BCUT2D eigenvalue weighted by Gasteiger charge is -2.19. The Kier molecular flexibility index (Phi) is 6.36. The number of carbonyl (C=O) groups excluding carboxylic acids is 1. The van der Waals surface area contributed by atoms with Crippen LogP contribution in [0.5, 0.6) is 0 Å². The summed E-state index contributed by atoms with van der Waals surface area (Å²) < 4.78 is 0. The smallest absolute Gasteiger partial charge is 0.329 e. The van der Waals surface area contributed by atoms with Crippen LogP contribution in [0.3, 0.4) is 0 Å². The highest BCUT2D eigenvalue weighted by Crippen LogP contribution is 2.41. The average molecular weight is 539 g/mol. The van der Waals surface area contributed by atoms with Crippen LogP contribution in [0.25, 0.3) is 21.8 Å². The van der Waals surface area contributed by atoms with Gasteiger partial charge in [-0.1, -0.05) is 56.1 Å². The predicted molar refractivity (Wildman–Crippen MR) is 148 cm³/mol. The van der Waals surface area contributed by atoms with E-state index in [9.17, 15) is 4.79 Å². The zero-order valence-corrected chi connectivity index (χ0v) is 22.3. The number of benzene rings is 2. The van der Waals surface area contributed by atoms with Gasteiger partial charge in [0.25, 0.3) is 0 Å². The lowest BCUT2D eigenvalue weighted by atomic mass is 9.98. The van der Waals surface area contributed by atoms with Crippen molar-refractivity contribution in [3.8, 4) is 21.8 Å².